The lowest BCUT2D eigenvalue weighted by Gasteiger charge is -2.64. The number of hydrogen-bond donors (Lipinski definition) is 1. The van der Waals surface area contributed by atoms with Crippen molar-refractivity contribution in [2.24, 2.45) is 28.1 Å². The minimum atomic E-state index is -0.0537. The van der Waals surface area contributed by atoms with Gasteiger partial charge >= 0.3 is 0 Å². The van der Waals surface area contributed by atoms with Crippen molar-refractivity contribution in [2.45, 2.75) is 72.3 Å². The van der Waals surface area contributed by atoms with E-state index in [4.69, 9.17) is 0 Å². The number of hydrogen-bond acceptors (Lipinski definition) is 1. The van der Waals surface area contributed by atoms with Gasteiger partial charge in [0.1, 0.15) is 0 Å². The summed E-state index contributed by atoms with van der Waals surface area (Å²) in [6.45, 7) is 9.31. The average Bonchev–Trinajstić information content (AvgIpc) is 2.30. The Bertz CT molecular complexity index is 428. The molecule has 4 bridgehead atoms. The van der Waals surface area contributed by atoms with Gasteiger partial charge in [-0.3, -0.25) is 4.79 Å². The number of rotatable bonds is 4. The molecule has 0 aromatic rings. The molecule has 4 aliphatic rings. The van der Waals surface area contributed by atoms with Crippen LogP contribution < -0.4 is 5.32 Å². The molecule has 0 heterocycles. The molecule has 0 radical (unpaired) electrons. The molecule has 4 fully saturated rings. The lowest BCUT2D eigenvalue weighted by atomic mass is 9.40. The lowest BCUT2D eigenvalue weighted by molar-refractivity contribution is -0.170. The van der Waals surface area contributed by atoms with E-state index < -0.39 is 0 Å². The smallest absolute Gasteiger partial charge is 0.226 e. The van der Waals surface area contributed by atoms with Gasteiger partial charge in [-0.15, -0.1) is 0 Å². The van der Waals surface area contributed by atoms with Crippen molar-refractivity contribution >= 4 is 28.5 Å². The van der Waals surface area contributed by atoms with Crippen molar-refractivity contribution in [1.82, 2.24) is 5.32 Å². The summed E-state index contributed by atoms with van der Waals surface area (Å²) in [5.41, 5.74) is 0.786. The highest BCUT2D eigenvalue weighted by Crippen LogP contribution is 2.69. The first-order chi connectivity index (χ1) is 9.69. The fourth-order valence-electron chi connectivity index (χ4n) is 6.41. The Morgan fingerprint density at radius 3 is 2.14 bits per heavy atom. The van der Waals surface area contributed by atoms with Crippen molar-refractivity contribution in [3.8, 4) is 0 Å². The molecule has 0 aliphatic heterocycles. The summed E-state index contributed by atoms with van der Waals surface area (Å²) in [5.74, 6) is 1.68. The van der Waals surface area contributed by atoms with Gasteiger partial charge in [-0.2, -0.15) is 0 Å². The van der Waals surface area contributed by atoms with E-state index in [1.807, 2.05) is 0 Å². The monoisotopic (exact) mass is 403 g/mol. The summed E-state index contributed by atoms with van der Waals surface area (Å²) < 4.78 is 1.01. The zero-order valence-electron chi connectivity index (χ0n) is 14.0. The highest BCUT2D eigenvalue weighted by molar-refractivity contribution is 14.1. The second kappa shape index (κ2) is 5.10. The molecule has 4 aliphatic carbocycles. The molecule has 3 atom stereocenters. The van der Waals surface area contributed by atoms with Gasteiger partial charge in [-0.1, -0.05) is 50.3 Å². The van der Waals surface area contributed by atoms with Gasteiger partial charge in [-0.25, -0.2) is 0 Å². The number of carbonyl (C=O) groups is 1. The molecule has 120 valence electrons. The largest absolute Gasteiger partial charge is 0.352 e. The molecule has 0 aromatic heterocycles. The van der Waals surface area contributed by atoms with Crippen LogP contribution in [0.2, 0.25) is 0 Å². The van der Waals surface area contributed by atoms with Crippen LogP contribution >= 0.6 is 22.6 Å². The highest BCUT2D eigenvalue weighted by atomic mass is 127. The number of halogens is 1. The zero-order chi connectivity index (χ0) is 15.5. The topological polar surface area (TPSA) is 29.1 Å². The van der Waals surface area contributed by atoms with Crippen molar-refractivity contribution in [3.05, 3.63) is 0 Å². The number of alkyl halides is 1. The molecule has 0 saturated heterocycles. The molecular formula is C18H30INO. The molecular weight excluding hydrogens is 373 g/mol. The summed E-state index contributed by atoms with van der Waals surface area (Å²) >= 11 is 2.41. The van der Waals surface area contributed by atoms with Crippen LogP contribution in [0.3, 0.4) is 0 Å². The van der Waals surface area contributed by atoms with E-state index in [1.165, 1.54) is 19.3 Å². The van der Waals surface area contributed by atoms with Gasteiger partial charge in [-0.05, 0) is 61.2 Å². The highest BCUT2D eigenvalue weighted by Gasteiger charge is 2.62. The van der Waals surface area contributed by atoms with Crippen molar-refractivity contribution < 1.29 is 4.79 Å². The molecule has 0 spiro atoms. The van der Waals surface area contributed by atoms with Crippen LogP contribution in [0.1, 0.15) is 66.2 Å². The lowest BCUT2D eigenvalue weighted by Crippen LogP contribution is -2.61. The van der Waals surface area contributed by atoms with Crippen LogP contribution in [-0.4, -0.2) is 16.4 Å². The molecule has 2 nitrogen and oxygen atoms in total. The Morgan fingerprint density at radius 2 is 1.71 bits per heavy atom. The SMILES string of the molecule is CC(C)C(CI)NC(=O)C12CC3CC(C)(CC(C)(C3)C1)C2. The van der Waals surface area contributed by atoms with Crippen LogP contribution in [0.15, 0.2) is 0 Å². The molecule has 21 heavy (non-hydrogen) atoms. The third-order valence-electron chi connectivity index (χ3n) is 6.40. The van der Waals surface area contributed by atoms with Gasteiger partial charge in [0, 0.05) is 10.5 Å². The van der Waals surface area contributed by atoms with Crippen LogP contribution in [0, 0.1) is 28.1 Å². The molecule has 3 heteroatoms. The predicted molar refractivity (Wildman–Crippen MR) is 95.5 cm³/mol. The number of amides is 1. The van der Waals surface area contributed by atoms with E-state index in [-0.39, 0.29) is 5.41 Å². The number of carbonyl (C=O) groups excluding carboxylic acids is 1. The number of nitrogens with one attached hydrogen (secondary N) is 1. The van der Waals surface area contributed by atoms with Gasteiger partial charge in [0.05, 0.1) is 5.41 Å². The Kier molecular flexibility index (Phi) is 3.91. The van der Waals surface area contributed by atoms with E-state index in [1.54, 1.807) is 0 Å². The van der Waals surface area contributed by atoms with Crippen molar-refractivity contribution in [2.75, 3.05) is 4.43 Å². The summed E-state index contributed by atoms with van der Waals surface area (Å²) in [5, 5.41) is 3.41. The van der Waals surface area contributed by atoms with Gasteiger partial charge in [0.25, 0.3) is 0 Å². The fourth-order valence-corrected chi connectivity index (χ4v) is 7.64. The molecule has 0 aromatic carbocycles. The van der Waals surface area contributed by atoms with Crippen molar-refractivity contribution in [1.29, 1.82) is 0 Å². The van der Waals surface area contributed by atoms with Crippen molar-refractivity contribution in [3.63, 3.8) is 0 Å². The fraction of sp³-hybridized carbons (Fsp3) is 0.944. The molecule has 1 amide bonds. The van der Waals surface area contributed by atoms with Crippen LogP contribution in [0.4, 0.5) is 0 Å². The second-order valence-corrected chi connectivity index (χ2v) is 10.3. The third-order valence-corrected chi connectivity index (χ3v) is 7.34. The van der Waals surface area contributed by atoms with E-state index in [0.29, 0.717) is 28.7 Å². The summed E-state index contributed by atoms with van der Waals surface area (Å²) in [6.07, 6.45) is 7.46. The Morgan fingerprint density at radius 1 is 1.14 bits per heavy atom. The molecule has 4 saturated carbocycles. The first-order valence-corrected chi connectivity index (χ1v) is 10.1. The zero-order valence-corrected chi connectivity index (χ0v) is 16.1. The van der Waals surface area contributed by atoms with E-state index >= 15 is 0 Å². The average molecular weight is 403 g/mol. The summed E-state index contributed by atoms with van der Waals surface area (Å²) in [7, 11) is 0. The van der Waals surface area contributed by atoms with E-state index in [9.17, 15) is 4.79 Å². The Balaban J connectivity index is 1.82. The normalized spacial score (nSPS) is 45.9. The van der Waals surface area contributed by atoms with Crippen LogP contribution in [-0.2, 0) is 4.79 Å². The van der Waals surface area contributed by atoms with Gasteiger partial charge in [0.15, 0.2) is 0 Å². The third kappa shape index (κ3) is 2.76. The predicted octanol–water partition coefficient (Wildman–Crippen LogP) is 4.56. The van der Waals surface area contributed by atoms with Gasteiger partial charge in [0.2, 0.25) is 5.91 Å². The van der Waals surface area contributed by atoms with Crippen LogP contribution in [0.5, 0.6) is 0 Å². The molecule has 1 N–H and O–H groups in total. The Labute approximate surface area is 143 Å². The maximum absolute atomic E-state index is 13.1. The maximum atomic E-state index is 13.1. The minimum Gasteiger partial charge on any atom is -0.352 e. The second-order valence-electron chi connectivity index (χ2n) is 9.39. The molecule has 3 unspecified atom stereocenters. The minimum absolute atomic E-state index is 0.0537. The van der Waals surface area contributed by atoms with Gasteiger partial charge < -0.3 is 5.32 Å². The van der Waals surface area contributed by atoms with E-state index in [0.717, 1.165) is 29.6 Å². The standard InChI is InChI=1S/C18H30INO/c1-12(2)14(8-19)20-15(21)18-7-13-5-16(3,10-18)9-17(4,6-13)11-18/h12-14H,5-11H2,1-4H3,(H,20,21). The summed E-state index contributed by atoms with van der Waals surface area (Å²) in [6, 6.07) is 0.326. The first kappa shape index (κ1) is 16.1. The van der Waals surface area contributed by atoms with Crippen LogP contribution in [0.25, 0.3) is 0 Å². The summed E-state index contributed by atoms with van der Waals surface area (Å²) in [4.78, 5) is 13.1. The first-order valence-electron chi connectivity index (χ1n) is 8.56. The molecule has 4 rings (SSSR count). The Hall–Kier alpha value is 0.200. The quantitative estimate of drug-likeness (QED) is 0.541. The maximum Gasteiger partial charge on any atom is 0.226 e. The van der Waals surface area contributed by atoms with E-state index in [2.05, 4.69) is 55.6 Å².